The van der Waals surface area contributed by atoms with Gasteiger partial charge < -0.3 is 0 Å². The van der Waals surface area contributed by atoms with E-state index in [1.54, 1.807) is 0 Å². The number of hydrogen-bond donors (Lipinski definition) is 0. The van der Waals surface area contributed by atoms with Crippen LogP contribution in [0.15, 0.2) is 103 Å². The van der Waals surface area contributed by atoms with E-state index in [1.807, 2.05) is 0 Å². The van der Waals surface area contributed by atoms with E-state index < -0.39 is 0 Å². The zero-order chi connectivity index (χ0) is 21.2. The van der Waals surface area contributed by atoms with Crippen LogP contribution in [0.25, 0.3) is 39.5 Å². The van der Waals surface area contributed by atoms with E-state index in [-0.39, 0.29) is 0 Å². The summed E-state index contributed by atoms with van der Waals surface area (Å²) >= 11 is 0. The van der Waals surface area contributed by atoms with Crippen LogP contribution in [-0.2, 0) is 0 Å². The molecule has 0 nitrogen and oxygen atoms in total. The van der Waals surface area contributed by atoms with Crippen molar-refractivity contribution in [3.05, 3.63) is 120 Å². The Balaban J connectivity index is 1.69. The average molecular weight is 400 g/mol. The van der Waals surface area contributed by atoms with Gasteiger partial charge in [-0.05, 0) is 75.0 Å². The van der Waals surface area contributed by atoms with Crippen LogP contribution in [-0.4, -0.2) is 0 Å². The van der Waals surface area contributed by atoms with Crippen molar-refractivity contribution in [3.8, 4) is 33.4 Å². The molecule has 31 heavy (non-hydrogen) atoms. The molecule has 1 atom stereocenters. The third-order valence-electron chi connectivity index (χ3n) is 6.41. The summed E-state index contributed by atoms with van der Waals surface area (Å²) in [6.07, 6.45) is 5.93. The van der Waals surface area contributed by atoms with Gasteiger partial charge in [-0.25, -0.2) is 0 Å². The van der Waals surface area contributed by atoms with Crippen LogP contribution in [0.4, 0.5) is 0 Å². The molecular weight excluding hydrogens is 372 g/mol. The largest absolute Gasteiger partial charge is 0.0648 e. The predicted octanol–water partition coefficient (Wildman–Crippen LogP) is 8.68. The fraction of sp³-hybridized carbons (Fsp3) is 0.129. The van der Waals surface area contributed by atoms with Crippen LogP contribution in [0.5, 0.6) is 0 Å². The highest BCUT2D eigenvalue weighted by Gasteiger charge is 2.20. The number of fused-ring (bicyclic) bond motifs is 1. The minimum Gasteiger partial charge on any atom is -0.0648 e. The van der Waals surface area contributed by atoms with Gasteiger partial charge in [-0.3, -0.25) is 0 Å². The fourth-order valence-electron chi connectivity index (χ4n) is 4.41. The first-order valence-electron chi connectivity index (χ1n) is 11.2. The molecule has 1 radical (unpaired) electrons. The Labute approximate surface area is 185 Å². The lowest BCUT2D eigenvalue weighted by molar-refractivity contribution is 0.669. The van der Waals surface area contributed by atoms with Gasteiger partial charge in [0.25, 0.3) is 0 Å². The zero-order valence-corrected chi connectivity index (χ0v) is 18.2. The summed E-state index contributed by atoms with van der Waals surface area (Å²) in [7, 11) is 0. The van der Waals surface area contributed by atoms with Gasteiger partial charge in [0.1, 0.15) is 0 Å². The van der Waals surface area contributed by atoms with Crippen LogP contribution >= 0.6 is 0 Å². The van der Waals surface area contributed by atoms with Crippen molar-refractivity contribution in [2.24, 2.45) is 5.92 Å². The second-order valence-corrected chi connectivity index (χ2v) is 8.44. The molecule has 0 saturated heterocycles. The Kier molecular flexibility index (Phi) is 5.30. The molecule has 1 unspecified atom stereocenters. The van der Waals surface area contributed by atoms with E-state index in [4.69, 9.17) is 0 Å². The lowest BCUT2D eigenvalue weighted by atomic mass is 9.91. The smallest absolute Gasteiger partial charge is 0.0167 e. The standard InChI is InChI=1S/C31H27/c1-3-22(2)26-17-25-15-10-16-30(31(25)21-26)29-19-27(23-11-6-4-7-12-23)18-28(20-29)24-13-8-5-9-14-24/h4-22H,3H2,1-2H3. The Bertz CT molecular complexity index is 1170. The first-order chi connectivity index (χ1) is 15.2. The van der Waals surface area contributed by atoms with Gasteiger partial charge in [-0.15, -0.1) is 0 Å². The molecule has 4 aromatic carbocycles. The fourth-order valence-corrected chi connectivity index (χ4v) is 4.41. The minimum absolute atomic E-state index is 0.579. The molecule has 0 bridgehead atoms. The first-order valence-corrected chi connectivity index (χ1v) is 11.2. The zero-order valence-electron chi connectivity index (χ0n) is 18.2. The van der Waals surface area contributed by atoms with Crippen LogP contribution in [0.1, 0.15) is 31.4 Å². The summed E-state index contributed by atoms with van der Waals surface area (Å²) in [4.78, 5) is 0. The van der Waals surface area contributed by atoms with Crippen molar-refractivity contribution < 1.29 is 0 Å². The summed E-state index contributed by atoms with van der Waals surface area (Å²) in [5.41, 5.74) is 11.7. The average Bonchev–Trinajstić information content (AvgIpc) is 3.29. The van der Waals surface area contributed by atoms with Crippen LogP contribution in [0.2, 0.25) is 0 Å². The van der Waals surface area contributed by atoms with Crippen molar-refractivity contribution >= 4 is 6.08 Å². The van der Waals surface area contributed by atoms with Gasteiger partial charge in [0.15, 0.2) is 0 Å². The Morgan fingerprint density at radius 2 is 1.19 bits per heavy atom. The highest BCUT2D eigenvalue weighted by Crippen LogP contribution is 2.40. The lowest BCUT2D eigenvalue weighted by Crippen LogP contribution is -1.95. The molecule has 5 rings (SSSR count). The summed E-state index contributed by atoms with van der Waals surface area (Å²) < 4.78 is 0. The molecule has 0 aromatic heterocycles. The first kappa shape index (κ1) is 19.6. The van der Waals surface area contributed by atoms with Gasteiger partial charge in [-0.1, -0.05) is 104 Å². The monoisotopic (exact) mass is 399 g/mol. The molecule has 0 saturated carbocycles. The molecule has 0 aliphatic heterocycles. The summed E-state index contributed by atoms with van der Waals surface area (Å²) in [6.45, 7) is 4.58. The number of allylic oxidation sites excluding steroid dienone is 1. The van der Waals surface area contributed by atoms with E-state index in [0.29, 0.717) is 5.92 Å². The number of benzene rings is 4. The van der Waals surface area contributed by atoms with Crippen molar-refractivity contribution in [2.75, 3.05) is 0 Å². The predicted molar refractivity (Wildman–Crippen MR) is 134 cm³/mol. The molecule has 0 heterocycles. The highest BCUT2D eigenvalue weighted by molar-refractivity contribution is 5.87. The third kappa shape index (κ3) is 3.86. The van der Waals surface area contributed by atoms with E-state index in [0.717, 1.165) is 6.42 Å². The SMILES string of the molecule is CCC(C)C1=Cc2c(cccc2-c2cc(-c3ccccc3)cc(-c3ccccc3)c2)[CH]1. The van der Waals surface area contributed by atoms with E-state index in [1.165, 1.54) is 50.1 Å². The van der Waals surface area contributed by atoms with Crippen LogP contribution < -0.4 is 0 Å². The van der Waals surface area contributed by atoms with Crippen LogP contribution in [0, 0.1) is 12.3 Å². The lowest BCUT2D eigenvalue weighted by Gasteiger charge is -2.13. The molecule has 0 N–H and O–H groups in total. The van der Waals surface area contributed by atoms with Gasteiger partial charge >= 0.3 is 0 Å². The molecule has 0 heteroatoms. The molecule has 1 aliphatic carbocycles. The summed E-state index contributed by atoms with van der Waals surface area (Å²) in [5, 5.41) is 0. The van der Waals surface area contributed by atoms with Crippen molar-refractivity contribution in [1.82, 2.24) is 0 Å². The second kappa shape index (κ2) is 8.40. The van der Waals surface area contributed by atoms with Crippen molar-refractivity contribution in [2.45, 2.75) is 20.3 Å². The van der Waals surface area contributed by atoms with Gasteiger partial charge in [-0.2, -0.15) is 0 Å². The third-order valence-corrected chi connectivity index (χ3v) is 6.41. The Morgan fingerprint density at radius 3 is 1.77 bits per heavy atom. The number of rotatable bonds is 5. The maximum atomic E-state index is 2.40. The maximum absolute atomic E-state index is 2.40. The van der Waals surface area contributed by atoms with Gasteiger partial charge in [0, 0.05) is 6.42 Å². The maximum Gasteiger partial charge on any atom is 0.0167 e. The molecular formula is C31H27. The van der Waals surface area contributed by atoms with Crippen molar-refractivity contribution in [3.63, 3.8) is 0 Å². The topological polar surface area (TPSA) is 0 Å². The number of hydrogen-bond acceptors (Lipinski definition) is 0. The van der Waals surface area contributed by atoms with Gasteiger partial charge in [0.05, 0.1) is 0 Å². The van der Waals surface area contributed by atoms with Crippen LogP contribution in [0.3, 0.4) is 0 Å². The van der Waals surface area contributed by atoms with Crippen molar-refractivity contribution in [1.29, 1.82) is 0 Å². The Morgan fingerprint density at radius 1 is 0.613 bits per heavy atom. The molecule has 151 valence electrons. The normalized spacial score (nSPS) is 13.5. The quantitative estimate of drug-likeness (QED) is 0.315. The minimum atomic E-state index is 0.579. The molecule has 0 amide bonds. The van der Waals surface area contributed by atoms with Gasteiger partial charge in [0.2, 0.25) is 0 Å². The summed E-state index contributed by atoms with van der Waals surface area (Å²) in [6, 6.07) is 35.1. The molecule has 1 aliphatic rings. The van der Waals surface area contributed by atoms with E-state index in [9.17, 15) is 0 Å². The summed E-state index contributed by atoms with van der Waals surface area (Å²) in [5.74, 6) is 0.579. The molecule has 4 aromatic rings. The van der Waals surface area contributed by atoms with E-state index in [2.05, 4.69) is 123 Å². The second-order valence-electron chi connectivity index (χ2n) is 8.44. The highest BCUT2D eigenvalue weighted by atomic mass is 14.2. The molecule has 0 spiro atoms. The Hall–Kier alpha value is -3.38. The molecule has 0 fully saturated rings. The van der Waals surface area contributed by atoms with E-state index >= 15 is 0 Å².